The van der Waals surface area contributed by atoms with E-state index in [2.05, 4.69) is 18.3 Å². The summed E-state index contributed by atoms with van der Waals surface area (Å²) in [6.07, 6.45) is 0.958. The predicted molar refractivity (Wildman–Crippen MR) is 74.9 cm³/mol. The van der Waals surface area contributed by atoms with Crippen molar-refractivity contribution in [1.29, 1.82) is 0 Å². The molecule has 0 aliphatic heterocycles. The second-order valence-electron chi connectivity index (χ2n) is 5.13. The second-order valence-corrected chi connectivity index (χ2v) is 5.13. The molecule has 0 spiro atoms. The molecule has 1 unspecified atom stereocenters. The second kappa shape index (κ2) is 6.76. The van der Waals surface area contributed by atoms with Crippen LogP contribution in [0.4, 0.5) is 0 Å². The molecule has 0 amide bonds. The molecule has 1 aromatic carbocycles. The van der Waals surface area contributed by atoms with Crippen LogP contribution >= 0.6 is 0 Å². The zero-order chi connectivity index (χ0) is 13.6. The summed E-state index contributed by atoms with van der Waals surface area (Å²) < 4.78 is 5.65. The number of aliphatic hydroxyl groups is 1. The van der Waals surface area contributed by atoms with E-state index >= 15 is 0 Å². The third-order valence-electron chi connectivity index (χ3n) is 2.78. The van der Waals surface area contributed by atoms with Gasteiger partial charge in [-0.1, -0.05) is 25.1 Å². The molecule has 0 fully saturated rings. The summed E-state index contributed by atoms with van der Waals surface area (Å²) in [4.78, 5) is 0. The van der Waals surface area contributed by atoms with Crippen LogP contribution in [0.25, 0.3) is 0 Å². The summed E-state index contributed by atoms with van der Waals surface area (Å²) >= 11 is 0. The highest BCUT2D eigenvalue weighted by atomic mass is 16.5. The summed E-state index contributed by atoms with van der Waals surface area (Å²) in [5.74, 6) is 0.926. The largest absolute Gasteiger partial charge is 0.494 e. The van der Waals surface area contributed by atoms with E-state index in [4.69, 9.17) is 4.74 Å². The third-order valence-corrected chi connectivity index (χ3v) is 2.78. The number of rotatable bonds is 7. The van der Waals surface area contributed by atoms with Gasteiger partial charge in [-0.15, -0.1) is 0 Å². The summed E-state index contributed by atoms with van der Waals surface area (Å²) in [6.45, 7) is 8.96. The summed E-state index contributed by atoms with van der Waals surface area (Å²) in [5, 5.41) is 13.2. The van der Waals surface area contributed by atoms with Crippen LogP contribution in [0.5, 0.6) is 5.75 Å². The minimum atomic E-state index is -0.700. The van der Waals surface area contributed by atoms with Gasteiger partial charge in [0.15, 0.2) is 0 Å². The Labute approximate surface area is 110 Å². The van der Waals surface area contributed by atoms with Gasteiger partial charge in [-0.05, 0) is 33.3 Å². The standard InChI is InChI=1S/C15H25NO2/c1-5-13(16-11-15(3,4)17)12-9-7-8-10-14(12)18-6-2/h7-10,13,16-17H,5-6,11H2,1-4H3. The zero-order valence-corrected chi connectivity index (χ0v) is 11.9. The molecule has 102 valence electrons. The molecule has 3 heteroatoms. The first kappa shape index (κ1) is 15.0. The molecular weight excluding hydrogens is 226 g/mol. The molecule has 0 saturated heterocycles. The quantitative estimate of drug-likeness (QED) is 0.783. The first-order chi connectivity index (χ1) is 8.48. The van der Waals surface area contributed by atoms with E-state index in [9.17, 15) is 5.11 Å². The maximum atomic E-state index is 9.79. The lowest BCUT2D eigenvalue weighted by Gasteiger charge is -2.25. The minimum absolute atomic E-state index is 0.208. The van der Waals surface area contributed by atoms with Crippen LogP contribution in [0.1, 0.15) is 45.7 Å². The molecule has 0 saturated carbocycles. The van der Waals surface area contributed by atoms with Crippen molar-refractivity contribution in [2.24, 2.45) is 0 Å². The fourth-order valence-corrected chi connectivity index (χ4v) is 1.90. The average Bonchev–Trinajstić information content (AvgIpc) is 2.31. The van der Waals surface area contributed by atoms with E-state index in [0.29, 0.717) is 13.2 Å². The Morgan fingerprint density at radius 2 is 1.94 bits per heavy atom. The Morgan fingerprint density at radius 1 is 1.28 bits per heavy atom. The summed E-state index contributed by atoms with van der Waals surface area (Å²) in [7, 11) is 0. The number of ether oxygens (including phenoxy) is 1. The predicted octanol–water partition coefficient (Wildman–Crippen LogP) is 2.90. The topological polar surface area (TPSA) is 41.5 Å². The maximum absolute atomic E-state index is 9.79. The summed E-state index contributed by atoms with van der Waals surface area (Å²) in [6, 6.07) is 8.28. The normalized spacial score (nSPS) is 13.4. The van der Waals surface area contributed by atoms with Crippen LogP contribution in [-0.2, 0) is 0 Å². The lowest BCUT2D eigenvalue weighted by molar-refractivity contribution is 0.0760. The van der Waals surface area contributed by atoms with Crippen LogP contribution in [0.2, 0.25) is 0 Å². The van der Waals surface area contributed by atoms with Gasteiger partial charge in [0.1, 0.15) is 5.75 Å². The first-order valence-electron chi connectivity index (χ1n) is 6.65. The van der Waals surface area contributed by atoms with Crippen molar-refractivity contribution in [3.8, 4) is 5.75 Å². The molecule has 3 nitrogen and oxygen atoms in total. The molecule has 0 radical (unpaired) electrons. The Hall–Kier alpha value is -1.06. The van der Waals surface area contributed by atoms with Crippen molar-refractivity contribution in [2.45, 2.75) is 45.8 Å². The Bertz CT molecular complexity index is 358. The van der Waals surface area contributed by atoms with E-state index in [0.717, 1.165) is 17.7 Å². The van der Waals surface area contributed by atoms with Gasteiger partial charge in [0.05, 0.1) is 12.2 Å². The van der Waals surface area contributed by atoms with Gasteiger partial charge in [0.2, 0.25) is 0 Å². The molecule has 18 heavy (non-hydrogen) atoms. The Kier molecular flexibility index (Phi) is 5.63. The smallest absolute Gasteiger partial charge is 0.124 e. The van der Waals surface area contributed by atoms with E-state index in [1.807, 2.05) is 25.1 Å². The maximum Gasteiger partial charge on any atom is 0.124 e. The van der Waals surface area contributed by atoms with E-state index in [1.54, 1.807) is 13.8 Å². The fourth-order valence-electron chi connectivity index (χ4n) is 1.90. The molecule has 0 aromatic heterocycles. The number of hydrogen-bond donors (Lipinski definition) is 2. The molecule has 1 aromatic rings. The van der Waals surface area contributed by atoms with Crippen LogP contribution in [0.3, 0.4) is 0 Å². The van der Waals surface area contributed by atoms with Crippen LogP contribution in [0.15, 0.2) is 24.3 Å². The minimum Gasteiger partial charge on any atom is -0.494 e. The molecule has 1 rings (SSSR count). The lowest BCUT2D eigenvalue weighted by atomic mass is 10.0. The number of para-hydroxylation sites is 1. The SMILES string of the molecule is CCOc1ccccc1C(CC)NCC(C)(C)O. The van der Waals surface area contributed by atoms with Gasteiger partial charge in [-0.2, -0.15) is 0 Å². The van der Waals surface area contributed by atoms with Crippen molar-refractivity contribution in [3.63, 3.8) is 0 Å². The fraction of sp³-hybridized carbons (Fsp3) is 0.600. The molecule has 2 N–H and O–H groups in total. The van der Waals surface area contributed by atoms with Gasteiger partial charge in [0, 0.05) is 18.2 Å². The highest BCUT2D eigenvalue weighted by molar-refractivity contribution is 5.35. The number of nitrogens with one attached hydrogen (secondary N) is 1. The molecule has 0 aliphatic carbocycles. The third kappa shape index (κ3) is 4.67. The van der Waals surface area contributed by atoms with Gasteiger partial charge >= 0.3 is 0 Å². The molecule has 0 bridgehead atoms. The Balaban J connectivity index is 2.81. The number of hydrogen-bond acceptors (Lipinski definition) is 3. The Morgan fingerprint density at radius 3 is 2.50 bits per heavy atom. The lowest BCUT2D eigenvalue weighted by Crippen LogP contribution is -2.36. The van der Waals surface area contributed by atoms with E-state index in [1.165, 1.54) is 0 Å². The van der Waals surface area contributed by atoms with Crippen LogP contribution in [0, 0.1) is 0 Å². The molecule has 0 heterocycles. The average molecular weight is 251 g/mol. The van der Waals surface area contributed by atoms with Gasteiger partial charge in [0.25, 0.3) is 0 Å². The monoisotopic (exact) mass is 251 g/mol. The van der Waals surface area contributed by atoms with Crippen molar-refractivity contribution in [3.05, 3.63) is 29.8 Å². The highest BCUT2D eigenvalue weighted by Gasteiger charge is 2.18. The van der Waals surface area contributed by atoms with Crippen molar-refractivity contribution < 1.29 is 9.84 Å². The zero-order valence-electron chi connectivity index (χ0n) is 11.9. The molecule has 1 atom stereocenters. The van der Waals surface area contributed by atoms with E-state index < -0.39 is 5.60 Å². The van der Waals surface area contributed by atoms with Crippen LogP contribution < -0.4 is 10.1 Å². The molecule has 0 aliphatic rings. The number of benzene rings is 1. The summed E-state index contributed by atoms with van der Waals surface area (Å²) in [5.41, 5.74) is 0.458. The van der Waals surface area contributed by atoms with Crippen molar-refractivity contribution >= 4 is 0 Å². The molecular formula is C15H25NO2. The van der Waals surface area contributed by atoms with Gasteiger partial charge < -0.3 is 15.2 Å². The van der Waals surface area contributed by atoms with Gasteiger partial charge in [-0.25, -0.2) is 0 Å². The van der Waals surface area contributed by atoms with Crippen molar-refractivity contribution in [1.82, 2.24) is 5.32 Å². The highest BCUT2D eigenvalue weighted by Crippen LogP contribution is 2.27. The van der Waals surface area contributed by atoms with E-state index in [-0.39, 0.29) is 6.04 Å². The van der Waals surface area contributed by atoms with Crippen LogP contribution in [-0.4, -0.2) is 23.9 Å². The van der Waals surface area contributed by atoms with Crippen molar-refractivity contribution in [2.75, 3.05) is 13.2 Å². The van der Waals surface area contributed by atoms with Gasteiger partial charge in [-0.3, -0.25) is 0 Å². The first-order valence-corrected chi connectivity index (χ1v) is 6.65.